The van der Waals surface area contributed by atoms with Crippen molar-refractivity contribution in [3.8, 4) is 11.3 Å². The molecular weight excluding hydrogens is 414 g/mol. The summed E-state index contributed by atoms with van der Waals surface area (Å²) < 4.78 is 5.64. The van der Waals surface area contributed by atoms with Crippen molar-refractivity contribution in [3.63, 3.8) is 0 Å². The third-order valence-corrected chi connectivity index (χ3v) is 7.50. The Kier molecular flexibility index (Phi) is 4.43. The number of aromatic nitrogens is 3. The highest BCUT2D eigenvalue weighted by atomic mass is 16.5. The van der Waals surface area contributed by atoms with Crippen LogP contribution >= 0.6 is 0 Å². The number of pyridine rings is 1. The highest BCUT2D eigenvalue weighted by molar-refractivity contribution is 5.72. The first-order chi connectivity index (χ1) is 15.8. The lowest BCUT2D eigenvalue weighted by atomic mass is 9.80. The number of fused-ring (bicyclic) bond motifs is 2. The van der Waals surface area contributed by atoms with Crippen LogP contribution in [0.15, 0.2) is 48.9 Å². The summed E-state index contributed by atoms with van der Waals surface area (Å²) in [4.78, 5) is 16.2. The Bertz CT molecular complexity index is 1210. The second kappa shape index (κ2) is 7.06. The standard InChI is InChI=1S/C26H29N5O2/c1-24(2,32)18-6-9-28-21(10-18)17-12-29-23(30-13-17)31-14-25(15-33-16-25)20-5-4-19(11-22(20)31)26(27-3)7-8-26/h4-6,9-13,27,32H,7-8,14-16H2,1-3H3. The molecule has 33 heavy (non-hydrogen) atoms. The van der Waals surface area contributed by atoms with Gasteiger partial charge in [-0.2, -0.15) is 0 Å². The fourth-order valence-electron chi connectivity index (χ4n) is 5.12. The predicted molar refractivity (Wildman–Crippen MR) is 126 cm³/mol. The van der Waals surface area contributed by atoms with Gasteiger partial charge in [0.2, 0.25) is 5.95 Å². The Hall–Kier alpha value is -2.87. The molecule has 0 radical (unpaired) electrons. The zero-order chi connectivity index (χ0) is 22.8. The van der Waals surface area contributed by atoms with Gasteiger partial charge in [-0.1, -0.05) is 12.1 Å². The zero-order valence-corrected chi connectivity index (χ0v) is 19.3. The van der Waals surface area contributed by atoms with Crippen molar-refractivity contribution in [1.29, 1.82) is 0 Å². The number of anilines is 2. The van der Waals surface area contributed by atoms with Crippen LogP contribution in [0.5, 0.6) is 0 Å². The predicted octanol–water partition coefficient (Wildman–Crippen LogP) is 3.39. The molecule has 0 unspecified atom stereocenters. The minimum Gasteiger partial charge on any atom is -0.386 e. The van der Waals surface area contributed by atoms with Gasteiger partial charge in [0.1, 0.15) is 0 Å². The molecule has 2 aromatic heterocycles. The van der Waals surface area contributed by atoms with Crippen molar-refractivity contribution in [3.05, 3.63) is 65.6 Å². The minimum atomic E-state index is -0.930. The maximum absolute atomic E-state index is 10.3. The van der Waals surface area contributed by atoms with Crippen LogP contribution in [-0.2, 0) is 21.3 Å². The van der Waals surface area contributed by atoms with Crippen LogP contribution in [0.3, 0.4) is 0 Å². The summed E-state index contributed by atoms with van der Waals surface area (Å²) >= 11 is 0. The van der Waals surface area contributed by atoms with Crippen LogP contribution in [0, 0.1) is 0 Å². The van der Waals surface area contributed by atoms with Crippen molar-refractivity contribution in [1.82, 2.24) is 20.3 Å². The Morgan fingerprint density at radius 2 is 1.82 bits per heavy atom. The topological polar surface area (TPSA) is 83.4 Å². The van der Waals surface area contributed by atoms with Gasteiger partial charge in [0.25, 0.3) is 0 Å². The Morgan fingerprint density at radius 3 is 2.42 bits per heavy atom. The van der Waals surface area contributed by atoms with E-state index in [0.29, 0.717) is 5.95 Å². The van der Waals surface area contributed by atoms with Crippen molar-refractivity contribution in [2.45, 2.75) is 43.2 Å². The summed E-state index contributed by atoms with van der Waals surface area (Å²) in [7, 11) is 2.04. The van der Waals surface area contributed by atoms with Crippen molar-refractivity contribution >= 4 is 11.6 Å². The smallest absolute Gasteiger partial charge is 0.229 e. The average Bonchev–Trinajstić information content (AvgIpc) is 3.52. The number of nitrogens with one attached hydrogen (secondary N) is 1. The quantitative estimate of drug-likeness (QED) is 0.625. The van der Waals surface area contributed by atoms with E-state index >= 15 is 0 Å². The number of hydrogen-bond acceptors (Lipinski definition) is 7. The summed E-state index contributed by atoms with van der Waals surface area (Å²) in [6.07, 6.45) is 7.68. The summed E-state index contributed by atoms with van der Waals surface area (Å²) in [6, 6.07) is 10.6. The van der Waals surface area contributed by atoms with E-state index in [1.807, 2.05) is 31.6 Å². The SMILES string of the molecule is CNC1(c2ccc3c(c2)N(c2ncc(-c4cc(C(C)(C)O)ccn4)cn2)CC32COC2)CC1. The molecule has 1 aromatic carbocycles. The van der Waals surface area contributed by atoms with Gasteiger partial charge in [-0.25, -0.2) is 9.97 Å². The van der Waals surface area contributed by atoms with E-state index in [0.717, 1.165) is 36.6 Å². The van der Waals surface area contributed by atoms with E-state index in [4.69, 9.17) is 14.7 Å². The van der Waals surface area contributed by atoms with Gasteiger partial charge in [0, 0.05) is 41.9 Å². The van der Waals surface area contributed by atoms with Crippen molar-refractivity contribution in [2.75, 3.05) is 31.7 Å². The lowest BCUT2D eigenvalue weighted by Crippen LogP contribution is -2.49. The summed E-state index contributed by atoms with van der Waals surface area (Å²) in [5, 5.41) is 13.8. The molecular formula is C26H29N5O2. The molecule has 1 aliphatic carbocycles. The molecule has 7 heteroatoms. The van der Waals surface area contributed by atoms with Gasteiger partial charge >= 0.3 is 0 Å². The first kappa shape index (κ1) is 20.7. The summed E-state index contributed by atoms with van der Waals surface area (Å²) in [6.45, 7) is 5.83. The van der Waals surface area contributed by atoms with E-state index < -0.39 is 5.60 Å². The average molecular weight is 444 g/mol. The number of benzene rings is 1. The lowest BCUT2D eigenvalue weighted by Gasteiger charge is -2.38. The van der Waals surface area contributed by atoms with Gasteiger partial charge in [0.05, 0.1) is 29.9 Å². The van der Waals surface area contributed by atoms with Gasteiger partial charge in [-0.05, 0) is 68.6 Å². The van der Waals surface area contributed by atoms with Gasteiger partial charge in [-0.3, -0.25) is 4.98 Å². The van der Waals surface area contributed by atoms with Gasteiger partial charge < -0.3 is 20.1 Å². The van der Waals surface area contributed by atoms with Crippen LogP contribution in [0.2, 0.25) is 0 Å². The Labute approximate surface area is 193 Å². The first-order valence-corrected chi connectivity index (χ1v) is 11.5. The Balaban J connectivity index is 1.35. The monoisotopic (exact) mass is 443 g/mol. The third kappa shape index (κ3) is 3.26. The molecule has 3 aliphatic rings. The maximum Gasteiger partial charge on any atom is 0.229 e. The molecule has 1 spiro atoms. The fraction of sp³-hybridized carbons (Fsp3) is 0.423. The molecule has 3 aromatic rings. The fourth-order valence-corrected chi connectivity index (χ4v) is 5.12. The highest BCUT2D eigenvalue weighted by Gasteiger charge is 2.51. The van der Waals surface area contributed by atoms with Crippen LogP contribution in [0.25, 0.3) is 11.3 Å². The molecule has 6 rings (SSSR count). The molecule has 1 saturated heterocycles. The van der Waals surface area contributed by atoms with Crippen LogP contribution < -0.4 is 10.2 Å². The first-order valence-electron chi connectivity index (χ1n) is 11.5. The molecule has 0 atom stereocenters. The molecule has 1 saturated carbocycles. The van der Waals surface area contributed by atoms with Crippen LogP contribution in [0.4, 0.5) is 11.6 Å². The number of rotatable bonds is 5. The number of aliphatic hydroxyl groups is 1. The van der Waals surface area contributed by atoms with Gasteiger partial charge in [0.15, 0.2) is 0 Å². The zero-order valence-electron chi connectivity index (χ0n) is 19.3. The van der Waals surface area contributed by atoms with E-state index in [1.165, 1.54) is 29.7 Å². The van der Waals surface area contributed by atoms with E-state index in [1.54, 1.807) is 20.0 Å². The van der Waals surface area contributed by atoms with E-state index in [-0.39, 0.29) is 11.0 Å². The number of nitrogens with zero attached hydrogens (tertiary/aromatic N) is 4. The van der Waals surface area contributed by atoms with Crippen molar-refractivity contribution < 1.29 is 9.84 Å². The molecule has 2 aliphatic heterocycles. The minimum absolute atomic E-state index is 0.0227. The molecule has 2 fully saturated rings. The molecule has 170 valence electrons. The second-order valence-electron chi connectivity index (χ2n) is 10.2. The Morgan fingerprint density at radius 1 is 1.06 bits per heavy atom. The van der Waals surface area contributed by atoms with Crippen LogP contribution in [0.1, 0.15) is 43.4 Å². The third-order valence-electron chi connectivity index (χ3n) is 7.50. The largest absolute Gasteiger partial charge is 0.386 e. The lowest BCUT2D eigenvalue weighted by molar-refractivity contribution is -0.0507. The molecule has 7 nitrogen and oxygen atoms in total. The van der Waals surface area contributed by atoms with E-state index in [2.05, 4.69) is 33.4 Å². The molecule has 2 N–H and O–H groups in total. The number of ether oxygens (including phenoxy) is 1. The summed E-state index contributed by atoms with van der Waals surface area (Å²) in [5.74, 6) is 0.689. The molecule has 4 heterocycles. The van der Waals surface area contributed by atoms with Crippen LogP contribution in [-0.4, -0.2) is 46.9 Å². The number of hydrogen-bond donors (Lipinski definition) is 2. The van der Waals surface area contributed by atoms with Crippen molar-refractivity contribution in [2.24, 2.45) is 0 Å². The highest BCUT2D eigenvalue weighted by Crippen LogP contribution is 2.51. The van der Waals surface area contributed by atoms with E-state index in [9.17, 15) is 5.11 Å². The second-order valence-corrected chi connectivity index (χ2v) is 10.2. The summed E-state index contributed by atoms with van der Waals surface area (Å²) in [5.41, 5.74) is 5.43. The molecule has 0 amide bonds. The van der Waals surface area contributed by atoms with Gasteiger partial charge in [-0.15, -0.1) is 0 Å². The maximum atomic E-state index is 10.3. The molecule has 0 bridgehead atoms. The normalized spacial score (nSPS) is 19.9.